The molecule has 4 aliphatic carbocycles. The molecule has 9 heteroatoms. The van der Waals surface area contributed by atoms with E-state index in [4.69, 9.17) is 14.2 Å². The van der Waals surface area contributed by atoms with Crippen molar-refractivity contribution in [3.8, 4) is 0 Å². The van der Waals surface area contributed by atoms with E-state index in [9.17, 15) is 29.4 Å². The number of ketones is 1. The van der Waals surface area contributed by atoms with E-state index >= 15 is 0 Å². The number of carbonyl (C=O) groups excluding carboxylic acids is 4. The topological polar surface area (TPSA) is 136 Å². The van der Waals surface area contributed by atoms with Crippen molar-refractivity contribution < 1.29 is 43.6 Å². The molecule has 1 aromatic rings. The van der Waals surface area contributed by atoms with E-state index in [1.54, 1.807) is 26.0 Å². The molecule has 2 N–H and O–H groups in total. The molecule has 0 amide bonds. The van der Waals surface area contributed by atoms with Crippen LogP contribution in [-0.2, 0) is 39.8 Å². The van der Waals surface area contributed by atoms with Gasteiger partial charge in [0, 0.05) is 36.5 Å². The van der Waals surface area contributed by atoms with Crippen molar-refractivity contribution >= 4 is 23.7 Å². The maximum Gasteiger partial charge on any atom is 0.310 e. The molecule has 0 bridgehead atoms. The van der Waals surface area contributed by atoms with E-state index < -0.39 is 63.6 Å². The first-order chi connectivity index (χ1) is 20.6. The second-order valence-electron chi connectivity index (χ2n) is 13.7. The summed E-state index contributed by atoms with van der Waals surface area (Å²) in [6.45, 7) is 10.2. The third-order valence-corrected chi connectivity index (χ3v) is 10.9. The van der Waals surface area contributed by atoms with Crippen molar-refractivity contribution in [3.63, 3.8) is 0 Å². The quantitative estimate of drug-likeness (QED) is 0.243. The maximum absolute atomic E-state index is 13.5. The van der Waals surface area contributed by atoms with Gasteiger partial charge in [0.15, 0.2) is 5.78 Å². The Morgan fingerprint density at radius 1 is 1.09 bits per heavy atom. The van der Waals surface area contributed by atoms with Crippen LogP contribution in [0.4, 0.5) is 0 Å². The lowest BCUT2D eigenvalue weighted by Gasteiger charge is -2.50. The van der Waals surface area contributed by atoms with Crippen LogP contribution in [0.1, 0.15) is 66.4 Å². The fourth-order valence-corrected chi connectivity index (χ4v) is 8.34. The normalized spacial score (nSPS) is 37.7. The van der Waals surface area contributed by atoms with Crippen molar-refractivity contribution in [2.45, 2.75) is 84.0 Å². The maximum atomic E-state index is 13.5. The number of rotatable bonds is 9. The van der Waals surface area contributed by atoms with Crippen molar-refractivity contribution in [1.82, 2.24) is 0 Å². The van der Waals surface area contributed by atoms with Crippen molar-refractivity contribution in [2.24, 2.45) is 35.0 Å². The number of ether oxygens (including phenoxy) is 3. The van der Waals surface area contributed by atoms with Gasteiger partial charge >= 0.3 is 17.9 Å². The number of esters is 3. The van der Waals surface area contributed by atoms with Gasteiger partial charge in [0.2, 0.25) is 0 Å². The number of hydrogen-bond acceptors (Lipinski definition) is 9. The summed E-state index contributed by atoms with van der Waals surface area (Å²) < 4.78 is 17.6. The zero-order chi connectivity index (χ0) is 32.2. The van der Waals surface area contributed by atoms with Gasteiger partial charge in [-0.05, 0) is 42.4 Å². The van der Waals surface area contributed by atoms with Crippen molar-refractivity contribution in [2.75, 3.05) is 13.2 Å². The van der Waals surface area contributed by atoms with Crippen LogP contribution in [0.2, 0.25) is 0 Å². The van der Waals surface area contributed by atoms with Gasteiger partial charge in [0.1, 0.15) is 24.4 Å². The third-order valence-electron chi connectivity index (χ3n) is 10.9. The third kappa shape index (κ3) is 4.92. The highest BCUT2D eigenvalue weighted by molar-refractivity contribution is 6.04. The Morgan fingerprint density at radius 2 is 1.77 bits per heavy atom. The van der Waals surface area contributed by atoms with Gasteiger partial charge < -0.3 is 24.4 Å². The predicted octanol–water partition coefficient (Wildman–Crippen LogP) is 3.89. The number of hydrogen-bond donors (Lipinski definition) is 2. The Morgan fingerprint density at radius 3 is 2.41 bits per heavy atom. The molecule has 238 valence electrons. The smallest absolute Gasteiger partial charge is 0.310 e. The number of aliphatic hydroxyl groups is 2. The number of benzene rings is 1. The Labute approximate surface area is 258 Å². The standard InChI is InChI=1S/C35H44O9/c1-7-20(2)31(39)43-19-32(6)29-26-14-25(18-42-23(5)36)17-33(40)27(13-21(3)30(33)38)35(26,41)22(4)16-34(29,32)44-28(37)15-24-11-9-8-10-12-24/h8-14,20,22,26-27,29,40-41H,7,15-19H2,1-6H3/t20-,22-,26+,27-,29-,32+,33-,34+,35-/m1/s1. The highest BCUT2D eigenvalue weighted by atomic mass is 16.6. The Kier molecular flexibility index (Phi) is 8.21. The first-order valence-electron chi connectivity index (χ1n) is 15.6. The van der Waals surface area contributed by atoms with Crippen LogP contribution in [-0.4, -0.2) is 63.9 Å². The van der Waals surface area contributed by atoms with Gasteiger partial charge in [0.05, 0.1) is 17.9 Å². The molecule has 0 radical (unpaired) electrons. The molecule has 9 nitrogen and oxygen atoms in total. The van der Waals surface area contributed by atoms with E-state index in [-0.39, 0.29) is 44.4 Å². The van der Waals surface area contributed by atoms with Crippen LogP contribution in [0.5, 0.6) is 0 Å². The van der Waals surface area contributed by atoms with E-state index in [2.05, 4.69) is 0 Å². The van der Waals surface area contributed by atoms with Crippen LogP contribution in [0.25, 0.3) is 0 Å². The van der Waals surface area contributed by atoms with Crippen LogP contribution in [0, 0.1) is 35.0 Å². The first-order valence-corrected chi connectivity index (χ1v) is 15.6. The lowest BCUT2D eigenvalue weighted by Crippen LogP contribution is -2.61. The fourth-order valence-electron chi connectivity index (χ4n) is 8.34. The predicted molar refractivity (Wildman–Crippen MR) is 160 cm³/mol. The average Bonchev–Trinajstić information content (AvgIpc) is 3.42. The lowest BCUT2D eigenvalue weighted by molar-refractivity contribution is -0.187. The highest BCUT2D eigenvalue weighted by Crippen LogP contribution is 2.76. The highest BCUT2D eigenvalue weighted by Gasteiger charge is 2.85. The Balaban J connectivity index is 1.59. The second kappa shape index (κ2) is 11.2. The van der Waals surface area contributed by atoms with Crippen molar-refractivity contribution in [3.05, 3.63) is 59.2 Å². The average molecular weight is 609 g/mol. The van der Waals surface area contributed by atoms with Crippen LogP contribution in [0.3, 0.4) is 0 Å². The van der Waals surface area contributed by atoms with Gasteiger partial charge in [-0.15, -0.1) is 0 Å². The van der Waals surface area contributed by atoms with Gasteiger partial charge in [-0.2, -0.15) is 0 Å². The summed E-state index contributed by atoms with van der Waals surface area (Å²) in [7, 11) is 0. The molecular weight excluding hydrogens is 564 g/mol. The van der Waals surface area contributed by atoms with E-state index in [0.29, 0.717) is 17.6 Å². The zero-order valence-corrected chi connectivity index (χ0v) is 26.4. The molecule has 2 saturated carbocycles. The molecule has 1 aromatic carbocycles. The first kappa shape index (κ1) is 32.1. The SMILES string of the molecule is CC[C@@H](C)C(=O)OC[C@@]1(C)[C@H]2[C@@H]3C=C(COC(C)=O)C[C@]4(O)C(=O)C(C)=C[C@H]4[C@@]3(O)[C@H](C)C[C@]21OC(=O)Cc1ccccc1. The molecule has 0 saturated heterocycles. The largest absolute Gasteiger partial charge is 0.465 e. The number of fused-ring (bicyclic) bond motifs is 5. The second-order valence-corrected chi connectivity index (χ2v) is 13.7. The summed E-state index contributed by atoms with van der Waals surface area (Å²) in [6.07, 6.45) is 4.24. The summed E-state index contributed by atoms with van der Waals surface area (Å²) in [4.78, 5) is 51.5. The van der Waals surface area contributed by atoms with Crippen LogP contribution >= 0.6 is 0 Å². The molecule has 0 unspecified atom stereocenters. The van der Waals surface area contributed by atoms with Crippen LogP contribution in [0.15, 0.2) is 53.6 Å². The minimum atomic E-state index is -1.92. The molecule has 4 aliphatic rings. The van der Waals surface area contributed by atoms with Crippen LogP contribution < -0.4 is 0 Å². The molecule has 0 aliphatic heterocycles. The summed E-state index contributed by atoms with van der Waals surface area (Å²) in [5.74, 6) is -4.81. The molecule has 0 spiro atoms. The monoisotopic (exact) mass is 608 g/mol. The number of carbonyl (C=O) groups is 4. The van der Waals surface area contributed by atoms with E-state index in [1.807, 2.05) is 51.1 Å². The minimum Gasteiger partial charge on any atom is -0.465 e. The molecule has 5 rings (SSSR count). The molecule has 0 aromatic heterocycles. The number of Topliss-reactive ketones (excluding diaryl/α,β-unsaturated/α-hetero) is 1. The molecular formula is C35H44O9. The molecule has 0 heterocycles. The van der Waals surface area contributed by atoms with E-state index in [0.717, 1.165) is 5.56 Å². The molecule has 44 heavy (non-hydrogen) atoms. The molecule has 9 atom stereocenters. The zero-order valence-electron chi connectivity index (χ0n) is 26.4. The van der Waals surface area contributed by atoms with Crippen molar-refractivity contribution in [1.29, 1.82) is 0 Å². The van der Waals surface area contributed by atoms with Gasteiger partial charge in [-0.3, -0.25) is 19.2 Å². The summed E-state index contributed by atoms with van der Waals surface area (Å²) in [5.41, 5.74) is -3.85. The summed E-state index contributed by atoms with van der Waals surface area (Å²) in [6, 6.07) is 9.26. The van der Waals surface area contributed by atoms with Gasteiger partial charge in [-0.25, -0.2) is 0 Å². The van der Waals surface area contributed by atoms with Gasteiger partial charge in [-0.1, -0.05) is 70.2 Å². The Hall–Kier alpha value is -3.30. The summed E-state index contributed by atoms with van der Waals surface area (Å²) >= 11 is 0. The molecule has 2 fully saturated rings. The Bertz CT molecular complexity index is 1410. The minimum absolute atomic E-state index is 0.0331. The summed E-state index contributed by atoms with van der Waals surface area (Å²) in [5, 5.41) is 24.7. The van der Waals surface area contributed by atoms with E-state index in [1.165, 1.54) is 6.92 Å². The fraction of sp³-hybridized carbons (Fsp3) is 0.600. The lowest BCUT2D eigenvalue weighted by atomic mass is 9.60. The van der Waals surface area contributed by atoms with Gasteiger partial charge in [0.25, 0.3) is 0 Å².